The molecule has 0 aromatic heterocycles. The molecule has 0 fully saturated rings. The van der Waals surface area contributed by atoms with Crippen LogP contribution in [0.4, 0.5) is 0 Å². The second kappa shape index (κ2) is 6.38. The average Bonchev–Trinajstić information content (AvgIpc) is 3.19. The Morgan fingerprint density at radius 1 is 1.30 bits per heavy atom. The molecule has 0 saturated heterocycles. The van der Waals surface area contributed by atoms with Crippen LogP contribution in [-0.4, -0.2) is 53.6 Å². The van der Waals surface area contributed by atoms with Gasteiger partial charge < -0.3 is 34.3 Å². The molecular weight excluding hydrogens is 392 g/mol. The Morgan fingerprint density at radius 2 is 2.10 bits per heavy atom. The average molecular weight is 412 g/mol. The first-order valence-electron chi connectivity index (χ1n) is 9.47. The number of aromatic hydroxyl groups is 1. The van der Waals surface area contributed by atoms with Crippen molar-refractivity contribution in [1.29, 1.82) is 0 Å². The van der Waals surface area contributed by atoms with E-state index in [1.54, 1.807) is 12.1 Å². The first kappa shape index (κ1) is 18.8. The Balaban J connectivity index is 1.60. The van der Waals surface area contributed by atoms with E-state index in [2.05, 4.69) is 6.58 Å². The predicted octanol–water partition coefficient (Wildman–Crippen LogP) is 1.48. The summed E-state index contributed by atoms with van der Waals surface area (Å²) in [4.78, 5) is 13.5. The largest absolute Gasteiger partial charge is 0.504 e. The molecule has 0 spiro atoms. The third-order valence-electron chi connectivity index (χ3n) is 5.93. The number of ether oxygens (including phenoxy) is 4. The summed E-state index contributed by atoms with van der Waals surface area (Å²) in [5, 5.41) is 31.0. The first-order chi connectivity index (χ1) is 14.4. The number of rotatable bonds is 3. The highest BCUT2D eigenvalue weighted by molar-refractivity contribution is 6.07. The van der Waals surface area contributed by atoms with Crippen molar-refractivity contribution in [2.24, 2.45) is 0 Å². The molecule has 3 N–H and O–H groups in total. The number of hydrogen-bond acceptors (Lipinski definition) is 8. The van der Waals surface area contributed by atoms with Gasteiger partial charge in [-0.3, -0.25) is 4.79 Å². The second-order valence-corrected chi connectivity index (χ2v) is 7.58. The van der Waals surface area contributed by atoms with Gasteiger partial charge in [-0.05, 0) is 23.8 Å². The van der Waals surface area contributed by atoms with Crippen molar-refractivity contribution >= 4 is 5.78 Å². The number of fused-ring (bicyclic) bond motifs is 6. The van der Waals surface area contributed by atoms with Crippen molar-refractivity contribution in [3.05, 3.63) is 53.1 Å². The van der Waals surface area contributed by atoms with Gasteiger partial charge in [0.1, 0.15) is 30.0 Å². The van der Waals surface area contributed by atoms with E-state index in [0.717, 1.165) is 0 Å². The number of benzene rings is 2. The summed E-state index contributed by atoms with van der Waals surface area (Å²) in [6, 6.07) is 5.90. The zero-order chi connectivity index (χ0) is 21.2. The summed E-state index contributed by atoms with van der Waals surface area (Å²) in [5.74, 6) is 0.532. The number of phenolic OH excluding ortho intramolecular Hbond substituents is 1. The maximum Gasteiger partial charge on any atom is 0.206 e. The second-order valence-electron chi connectivity index (χ2n) is 7.58. The van der Waals surface area contributed by atoms with Gasteiger partial charge in [-0.2, -0.15) is 0 Å². The summed E-state index contributed by atoms with van der Waals surface area (Å²) in [5.41, 5.74) is -0.471. The number of aliphatic hydroxyl groups excluding tert-OH is 1. The minimum absolute atomic E-state index is 0.0695. The molecule has 156 valence electrons. The Kier molecular flexibility index (Phi) is 4.00. The number of hydrogen-bond donors (Lipinski definition) is 3. The quantitative estimate of drug-likeness (QED) is 0.650. The van der Waals surface area contributed by atoms with Gasteiger partial charge in [-0.15, -0.1) is 0 Å². The van der Waals surface area contributed by atoms with E-state index in [9.17, 15) is 20.1 Å². The van der Waals surface area contributed by atoms with E-state index >= 15 is 0 Å². The summed E-state index contributed by atoms with van der Waals surface area (Å²) in [6.45, 7) is 3.54. The standard InChI is InChI=1S/C22H20O8/c1-10(8-23)16-5-12-15(29-16)4-3-11-20(12)30-19-9-28-17-7-18(27-2)14(24)6-13(17)22(19,26)21(11)25/h3-4,6-7,16,19,23-24,26H,1,5,8-9H2,2H3/t16-,19-,22-/m1/s1. The fraction of sp³-hybridized carbons (Fsp3) is 0.318. The van der Waals surface area contributed by atoms with E-state index in [1.807, 2.05) is 0 Å². The maximum absolute atomic E-state index is 13.5. The fourth-order valence-corrected chi connectivity index (χ4v) is 4.26. The number of ketones is 1. The van der Waals surface area contributed by atoms with Gasteiger partial charge in [-0.25, -0.2) is 0 Å². The molecule has 8 nitrogen and oxygen atoms in total. The molecule has 0 radical (unpaired) electrons. The molecule has 3 heterocycles. The number of carbonyl (C=O) groups is 1. The highest BCUT2D eigenvalue weighted by Gasteiger charge is 2.56. The summed E-state index contributed by atoms with van der Waals surface area (Å²) < 4.78 is 22.7. The maximum atomic E-state index is 13.5. The number of Topliss-reactive ketones (excluding diaryl/α,β-unsaturated/α-hetero) is 1. The van der Waals surface area contributed by atoms with Crippen molar-refractivity contribution in [2.45, 2.75) is 24.2 Å². The molecule has 30 heavy (non-hydrogen) atoms. The molecule has 2 aromatic carbocycles. The summed E-state index contributed by atoms with van der Waals surface area (Å²) in [6.07, 6.45) is -1.03. The van der Waals surface area contributed by atoms with E-state index in [-0.39, 0.29) is 41.6 Å². The van der Waals surface area contributed by atoms with Crippen LogP contribution in [0.5, 0.6) is 28.7 Å². The molecule has 0 saturated carbocycles. The van der Waals surface area contributed by atoms with Crippen LogP contribution in [0.2, 0.25) is 0 Å². The van der Waals surface area contributed by atoms with Crippen molar-refractivity contribution in [3.63, 3.8) is 0 Å². The van der Waals surface area contributed by atoms with Crippen LogP contribution in [0.3, 0.4) is 0 Å². The number of phenols is 1. The van der Waals surface area contributed by atoms with Gasteiger partial charge in [0.25, 0.3) is 0 Å². The zero-order valence-corrected chi connectivity index (χ0v) is 16.2. The lowest BCUT2D eigenvalue weighted by molar-refractivity contribution is -0.0802. The number of aliphatic hydroxyl groups is 2. The van der Waals surface area contributed by atoms with Crippen LogP contribution in [-0.2, 0) is 12.0 Å². The zero-order valence-electron chi connectivity index (χ0n) is 16.2. The van der Waals surface area contributed by atoms with Crippen LogP contribution < -0.4 is 18.9 Å². The molecule has 0 amide bonds. The Labute approximate surface area is 171 Å². The monoisotopic (exact) mass is 412 g/mol. The molecule has 3 atom stereocenters. The predicted molar refractivity (Wildman–Crippen MR) is 104 cm³/mol. The van der Waals surface area contributed by atoms with E-state index in [0.29, 0.717) is 29.1 Å². The minimum atomic E-state index is -2.02. The fourth-order valence-electron chi connectivity index (χ4n) is 4.26. The lowest BCUT2D eigenvalue weighted by atomic mass is 9.77. The van der Waals surface area contributed by atoms with Gasteiger partial charge in [0.2, 0.25) is 5.78 Å². The molecule has 0 aliphatic carbocycles. The van der Waals surface area contributed by atoms with Crippen LogP contribution in [0, 0.1) is 0 Å². The molecule has 5 rings (SSSR count). The SMILES string of the molecule is C=C(CO)[C@H]1Cc2c(ccc3c2O[C@@H]2COc4cc(OC)c(O)cc4[C@]2(O)C3=O)O1. The molecular formula is C22H20O8. The molecule has 3 aliphatic rings. The number of methoxy groups -OCH3 is 1. The van der Waals surface area contributed by atoms with Crippen LogP contribution >= 0.6 is 0 Å². The third kappa shape index (κ3) is 2.37. The molecule has 0 bridgehead atoms. The Morgan fingerprint density at radius 3 is 2.83 bits per heavy atom. The van der Waals surface area contributed by atoms with Gasteiger partial charge in [-0.1, -0.05) is 6.58 Å². The number of carbonyl (C=O) groups excluding carboxylic acids is 1. The molecule has 3 aliphatic heterocycles. The highest BCUT2D eigenvalue weighted by Crippen LogP contribution is 2.51. The minimum Gasteiger partial charge on any atom is -0.504 e. The van der Waals surface area contributed by atoms with Crippen LogP contribution in [0.15, 0.2) is 36.4 Å². The summed E-state index contributed by atoms with van der Waals surface area (Å²) in [7, 11) is 1.40. The van der Waals surface area contributed by atoms with Crippen LogP contribution in [0.1, 0.15) is 21.5 Å². The topological polar surface area (TPSA) is 115 Å². The molecule has 0 unspecified atom stereocenters. The van der Waals surface area contributed by atoms with Crippen molar-refractivity contribution in [3.8, 4) is 28.7 Å². The van der Waals surface area contributed by atoms with Crippen molar-refractivity contribution < 1.29 is 39.1 Å². The van der Waals surface area contributed by atoms with Gasteiger partial charge in [0.15, 0.2) is 23.2 Å². The molecule has 2 aromatic rings. The smallest absolute Gasteiger partial charge is 0.206 e. The van der Waals surface area contributed by atoms with Gasteiger partial charge in [0.05, 0.1) is 19.3 Å². The van der Waals surface area contributed by atoms with E-state index in [4.69, 9.17) is 18.9 Å². The Bertz CT molecular complexity index is 1090. The van der Waals surface area contributed by atoms with Crippen molar-refractivity contribution in [2.75, 3.05) is 20.3 Å². The third-order valence-corrected chi connectivity index (χ3v) is 5.93. The normalized spacial score (nSPS) is 25.6. The highest BCUT2D eigenvalue weighted by atomic mass is 16.6. The van der Waals surface area contributed by atoms with Crippen molar-refractivity contribution in [1.82, 2.24) is 0 Å². The first-order valence-corrected chi connectivity index (χ1v) is 9.47. The lowest BCUT2D eigenvalue weighted by Gasteiger charge is -2.43. The van der Waals surface area contributed by atoms with Gasteiger partial charge >= 0.3 is 0 Å². The summed E-state index contributed by atoms with van der Waals surface area (Å²) >= 11 is 0. The van der Waals surface area contributed by atoms with E-state index < -0.39 is 23.6 Å². The van der Waals surface area contributed by atoms with Gasteiger partial charge in [0, 0.05) is 23.6 Å². The lowest BCUT2D eigenvalue weighted by Crippen LogP contribution is -2.57. The Hall–Kier alpha value is -3.23. The van der Waals surface area contributed by atoms with Crippen LogP contribution in [0.25, 0.3) is 0 Å². The van der Waals surface area contributed by atoms with E-state index in [1.165, 1.54) is 19.2 Å². The molecule has 8 heteroatoms.